The van der Waals surface area contributed by atoms with Crippen molar-refractivity contribution >= 4 is 17.7 Å². The van der Waals surface area contributed by atoms with Crippen LogP contribution in [0.5, 0.6) is 0 Å². The maximum absolute atomic E-state index is 11.8. The topological polar surface area (TPSA) is 87.3 Å². The molecular formula is C13H21N3O3. The van der Waals surface area contributed by atoms with E-state index in [1.54, 1.807) is 0 Å². The molecule has 19 heavy (non-hydrogen) atoms. The van der Waals surface area contributed by atoms with E-state index in [0.717, 1.165) is 12.8 Å². The maximum atomic E-state index is 11.8. The Balaban J connectivity index is 1.53. The Morgan fingerprint density at radius 1 is 1.26 bits per heavy atom. The minimum absolute atomic E-state index is 0.0146. The summed E-state index contributed by atoms with van der Waals surface area (Å²) in [5.41, 5.74) is 0. The molecule has 0 bridgehead atoms. The molecule has 1 heterocycles. The molecule has 0 spiro atoms. The fourth-order valence-corrected chi connectivity index (χ4v) is 2.09. The second kappa shape index (κ2) is 6.54. The van der Waals surface area contributed by atoms with Crippen molar-refractivity contribution in [3.8, 4) is 0 Å². The smallest absolute Gasteiger partial charge is 0.224 e. The number of nitrogens with one attached hydrogen (secondary N) is 3. The van der Waals surface area contributed by atoms with Gasteiger partial charge in [0, 0.05) is 32.0 Å². The normalized spacial score (nSPS) is 22.5. The van der Waals surface area contributed by atoms with Gasteiger partial charge in [-0.3, -0.25) is 14.4 Å². The highest BCUT2D eigenvalue weighted by atomic mass is 16.2. The molecule has 1 atom stereocenters. The molecule has 0 aromatic carbocycles. The van der Waals surface area contributed by atoms with Crippen molar-refractivity contribution in [1.29, 1.82) is 0 Å². The summed E-state index contributed by atoms with van der Waals surface area (Å²) >= 11 is 0. The Labute approximate surface area is 112 Å². The summed E-state index contributed by atoms with van der Waals surface area (Å²) in [6.45, 7) is 0.939. The van der Waals surface area contributed by atoms with Crippen molar-refractivity contribution in [3.63, 3.8) is 0 Å². The molecule has 0 aromatic rings. The SMILES string of the molecule is O=C1CCC(C(=O)NCCCC(=O)NC2CC2)CN1. The molecule has 3 amide bonds. The van der Waals surface area contributed by atoms with E-state index >= 15 is 0 Å². The molecule has 2 aliphatic rings. The standard InChI is InChI=1S/C13H21N3O3/c17-11-6-3-9(8-15-11)13(19)14-7-1-2-12(18)16-10-4-5-10/h9-10H,1-8H2,(H,14,19)(H,15,17)(H,16,18). The number of carbonyl (C=O) groups excluding carboxylic acids is 3. The molecule has 1 saturated heterocycles. The molecule has 0 radical (unpaired) electrons. The van der Waals surface area contributed by atoms with E-state index in [0.29, 0.717) is 44.8 Å². The quantitative estimate of drug-likeness (QED) is 0.577. The van der Waals surface area contributed by atoms with Crippen LogP contribution in [0.25, 0.3) is 0 Å². The van der Waals surface area contributed by atoms with Crippen molar-refractivity contribution in [2.45, 2.75) is 44.6 Å². The van der Waals surface area contributed by atoms with E-state index in [1.165, 1.54) is 0 Å². The number of carbonyl (C=O) groups is 3. The molecule has 6 heteroatoms. The third kappa shape index (κ3) is 4.89. The molecule has 2 rings (SSSR count). The summed E-state index contributed by atoms with van der Waals surface area (Å²) < 4.78 is 0. The summed E-state index contributed by atoms with van der Waals surface area (Å²) in [6.07, 6.45) is 4.33. The van der Waals surface area contributed by atoms with Gasteiger partial charge in [-0.05, 0) is 25.7 Å². The van der Waals surface area contributed by atoms with E-state index in [4.69, 9.17) is 0 Å². The predicted molar refractivity (Wildman–Crippen MR) is 69.1 cm³/mol. The molecular weight excluding hydrogens is 246 g/mol. The third-order valence-electron chi connectivity index (χ3n) is 3.46. The van der Waals surface area contributed by atoms with Crippen LogP contribution >= 0.6 is 0 Å². The van der Waals surface area contributed by atoms with Crippen LogP contribution in [0, 0.1) is 5.92 Å². The monoisotopic (exact) mass is 267 g/mol. The molecule has 1 aliphatic heterocycles. The number of hydrogen-bond donors (Lipinski definition) is 3. The number of amides is 3. The second-order valence-electron chi connectivity index (χ2n) is 5.28. The second-order valence-corrected chi connectivity index (χ2v) is 5.28. The van der Waals surface area contributed by atoms with Crippen molar-refractivity contribution in [1.82, 2.24) is 16.0 Å². The highest BCUT2D eigenvalue weighted by molar-refractivity contribution is 5.83. The van der Waals surface area contributed by atoms with Crippen LogP contribution in [0.4, 0.5) is 0 Å². The summed E-state index contributed by atoms with van der Waals surface area (Å²) in [5.74, 6) is -0.0666. The lowest BCUT2D eigenvalue weighted by Crippen LogP contribution is -2.43. The van der Waals surface area contributed by atoms with Gasteiger partial charge in [-0.2, -0.15) is 0 Å². The number of rotatable bonds is 6. The molecule has 3 N–H and O–H groups in total. The Kier molecular flexibility index (Phi) is 4.76. The Hall–Kier alpha value is -1.59. The molecule has 1 aliphatic carbocycles. The predicted octanol–water partition coefficient (Wildman–Crippen LogP) is -0.312. The van der Waals surface area contributed by atoms with Gasteiger partial charge in [0.05, 0.1) is 5.92 Å². The van der Waals surface area contributed by atoms with Crippen molar-refractivity contribution < 1.29 is 14.4 Å². The van der Waals surface area contributed by atoms with Crippen LogP contribution in [-0.2, 0) is 14.4 Å². The van der Waals surface area contributed by atoms with Gasteiger partial charge < -0.3 is 16.0 Å². The Morgan fingerprint density at radius 2 is 2.05 bits per heavy atom. The first-order valence-corrected chi connectivity index (χ1v) is 6.99. The van der Waals surface area contributed by atoms with Gasteiger partial charge in [0.15, 0.2) is 0 Å². The zero-order valence-corrected chi connectivity index (χ0v) is 11.0. The van der Waals surface area contributed by atoms with Crippen LogP contribution < -0.4 is 16.0 Å². The van der Waals surface area contributed by atoms with Crippen LogP contribution in [0.1, 0.15) is 38.5 Å². The number of piperidine rings is 1. The molecule has 0 aromatic heterocycles. The van der Waals surface area contributed by atoms with Crippen molar-refractivity contribution in [3.05, 3.63) is 0 Å². The van der Waals surface area contributed by atoms with Crippen LogP contribution in [0.2, 0.25) is 0 Å². The Bertz CT molecular complexity index is 356. The lowest BCUT2D eigenvalue weighted by Gasteiger charge is -2.21. The lowest BCUT2D eigenvalue weighted by atomic mass is 9.98. The molecule has 1 unspecified atom stereocenters. The first-order chi connectivity index (χ1) is 9.15. The lowest BCUT2D eigenvalue weighted by molar-refractivity contribution is -0.129. The molecule has 2 fully saturated rings. The van der Waals surface area contributed by atoms with Gasteiger partial charge >= 0.3 is 0 Å². The van der Waals surface area contributed by atoms with Gasteiger partial charge in [0.25, 0.3) is 0 Å². The average Bonchev–Trinajstić information content (AvgIpc) is 3.19. The summed E-state index contributed by atoms with van der Waals surface area (Å²) in [5, 5.41) is 8.42. The first kappa shape index (κ1) is 13.8. The number of hydrogen-bond acceptors (Lipinski definition) is 3. The largest absolute Gasteiger partial charge is 0.356 e. The molecule has 1 saturated carbocycles. The molecule has 6 nitrogen and oxygen atoms in total. The van der Waals surface area contributed by atoms with E-state index in [2.05, 4.69) is 16.0 Å². The van der Waals surface area contributed by atoms with Crippen LogP contribution in [0.3, 0.4) is 0 Å². The van der Waals surface area contributed by atoms with Crippen molar-refractivity contribution in [2.24, 2.45) is 5.92 Å². The van der Waals surface area contributed by atoms with Crippen LogP contribution in [0.15, 0.2) is 0 Å². The van der Waals surface area contributed by atoms with E-state index in [9.17, 15) is 14.4 Å². The third-order valence-corrected chi connectivity index (χ3v) is 3.46. The average molecular weight is 267 g/mol. The highest BCUT2D eigenvalue weighted by Gasteiger charge is 2.24. The zero-order valence-electron chi connectivity index (χ0n) is 11.0. The molecule has 106 valence electrons. The van der Waals surface area contributed by atoms with Gasteiger partial charge in [0.1, 0.15) is 0 Å². The fraction of sp³-hybridized carbons (Fsp3) is 0.769. The first-order valence-electron chi connectivity index (χ1n) is 6.99. The van der Waals surface area contributed by atoms with Gasteiger partial charge in [-0.1, -0.05) is 0 Å². The highest BCUT2D eigenvalue weighted by Crippen LogP contribution is 2.18. The van der Waals surface area contributed by atoms with E-state index in [-0.39, 0.29) is 23.6 Å². The van der Waals surface area contributed by atoms with E-state index < -0.39 is 0 Å². The summed E-state index contributed by atoms with van der Waals surface area (Å²) in [6, 6.07) is 0.396. The minimum atomic E-state index is -0.127. The van der Waals surface area contributed by atoms with Gasteiger partial charge in [-0.15, -0.1) is 0 Å². The van der Waals surface area contributed by atoms with Gasteiger partial charge in [-0.25, -0.2) is 0 Å². The Morgan fingerprint density at radius 3 is 2.68 bits per heavy atom. The maximum Gasteiger partial charge on any atom is 0.224 e. The minimum Gasteiger partial charge on any atom is -0.356 e. The summed E-state index contributed by atoms with van der Waals surface area (Å²) in [7, 11) is 0. The zero-order chi connectivity index (χ0) is 13.7. The summed E-state index contributed by atoms with van der Waals surface area (Å²) in [4.78, 5) is 34.2. The van der Waals surface area contributed by atoms with E-state index in [1.807, 2.05) is 0 Å². The fourth-order valence-electron chi connectivity index (χ4n) is 2.09. The van der Waals surface area contributed by atoms with Crippen LogP contribution in [-0.4, -0.2) is 36.9 Å². The van der Waals surface area contributed by atoms with Crippen molar-refractivity contribution in [2.75, 3.05) is 13.1 Å². The van der Waals surface area contributed by atoms with Gasteiger partial charge in [0.2, 0.25) is 17.7 Å².